The number of anilines is 1. The monoisotopic (exact) mass is 372 g/mol. The molecule has 0 radical (unpaired) electrons. The Labute approximate surface area is 128 Å². The first kappa shape index (κ1) is 15.3. The fourth-order valence-corrected chi connectivity index (χ4v) is 3.06. The normalized spacial score (nSPS) is 11.1. The first-order valence-electron chi connectivity index (χ1n) is 5.49. The van der Waals surface area contributed by atoms with E-state index < -0.39 is 16.0 Å². The number of phenolic OH excluding ortho intramolecular Hbond substituents is 1. The quantitative estimate of drug-likeness (QED) is 0.707. The van der Waals surface area contributed by atoms with E-state index in [1.54, 1.807) is 0 Å². The number of phenols is 1. The molecule has 0 aliphatic carbocycles. The molecule has 0 atom stereocenters. The van der Waals surface area contributed by atoms with Gasteiger partial charge in [-0.25, -0.2) is 13.2 Å². The van der Waals surface area contributed by atoms with E-state index in [9.17, 15) is 18.3 Å². The number of halogens is 1. The van der Waals surface area contributed by atoms with Crippen LogP contribution >= 0.6 is 15.9 Å². The summed E-state index contributed by atoms with van der Waals surface area (Å²) in [5, 5.41) is 18.5. The van der Waals surface area contributed by atoms with Crippen molar-refractivity contribution in [2.45, 2.75) is 4.90 Å². The van der Waals surface area contributed by atoms with Crippen LogP contribution in [-0.4, -0.2) is 29.6 Å². The highest BCUT2D eigenvalue weighted by Crippen LogP contribution is 2.27. The van der Waals surface area contributed by atoms with E-state index in [4.69, 9.17) is 5.11 Å². The third-order valence-electron chi connectivity index (χ3n) is 2.48. The third-order valence-corrected chi connectivity index (χ3v) is 4.24. The van der Waals surface area contributed by atoms with Gasteiger partial charge in [0.25, 0.3) is 10.0 Å². The van der Waals surface area contributed by atoms with Gasteiger partial charge >= 0.3 is 5.97 Å². The lowest BCUT2D eigenvalue weighted by atomic mass is 10.2. The van der Waals surface area contributed by atoms with Crippen LogP contribution in [0.2, 0.25) is 0 Å². The highest BCUT2D eigenvalue weighted by molar-refractivity contribution is 9.10. The number of rotatable bonds is 4. The predicted octanol–water partition coefficient (Wildman–Crippen LogP) is 2.05. The van der Waals surface area contributed by atoms with Crippen LogP contribution in [0.4, 0.5) is 5.69 Å². The minimum absolute atomic E-state index is 0.128. The molecule has 1 aromatic heterocycles. The van der Waals surface area contributed by atoms with E-state index in [-0.39, 0.29) is 21.9 Å². The van der Waals surface area contributed by atoms with E-state index in [1.165, 1.54) is 12.3 Å². The number of pyridine rings is 1. The summed E-state index contributed by atoms with van der Waals surface area (Å²) in [6.45, 7) is 0. The van der Waals surface area contributed by atoms with Crippen molar-refractivity contribution >= 4 is 37.6 Å². The lowest BCUT2D eigenvalue weighted by molar-refractivity contribution is 0.0697. The molecule has 0 spiro atoms. The van der Waals surface area contributed by atoms with Crippen molar-refractivity contribution in [1.82, 2.24) is 4.98 Å². The molecule has 7 nitrogen and oxygen atoms in total. The van der Waals surface area contributed by atoms with Crippen molar-refractivity contribution in [2.24, 2.45) is 0 Å². The van der Waals surface area contributed by atoms with E-state index in [1.807, 2.05) is 0 Å². The smallest absolute Gasteiger partial charge is 0.335 e. The molecule has 0 amide bonds. The number of aromatic carboxylic acids is 1. The minimum atomic E-state index is -4.00. The number of nitrogens with zero attached hydrogens (tertiary/aromatic N) is 1. The fraction of sp³-hybridized carbons (Fsp3) is 0. The summed E-state index contributed by atoms with van der Waals surface area (Å²) in [6.07, 6.45) is 2.55. The van der Waals surface area contributed by atoms with Crippen molar-refractivity contribution in [3.8, 4) is 5.75 Å². The van der Waals surface area contributed by atoms with E-state index in [0.29, 0.717) is 4.47 Å². The summed E-state index contributed by atoms with van der Waals surface area (Å²) in [5.41, 5.74) is -0.382. The van der Waals surface area contributed by atoms with Crippen molar-refractivity contribution in [1.29, 1.82) is 0 Å². The van der Waals surface area contributed by atoms with Crippen LogP contribution in [0, 0.1) is 0 Å². The number of carboxylic acid groups (broad SMARTS) is 1. The average Bonchev–Trinajstić information content (AvgIpc) is 2.41. The number of carboxylic acids is 1. The van der Waals surface area contributed by atoms with Crippen molar-refractivity contribution in [3.05, 3.63) is 46.7 Å². The van der Waals surface area contributed by atoms with Crippen LogP contribution in [0.5, 0.6) is 5.75 Å². The summed E-state index contributed by atoms with van der Waals surface area (Å²) < 4.78 is 26.9. The fourth-order valence-electron chi connectivity index (χ4n) is 1.49. The summed E-state index contributed by atoms with van der Waals surface area (Å²) in [6, 6.07) is 4.62. The molecule has 21 heavy (non-hydrogen) atoms. The van der Waals surface area contributed by atoms with Crippen molar-refractivity contribution < 1.29 is 23.4 Å². The van der Waals surface area contributed by atoms with Gasteiger partial charge in [0.1, 0.15) is 10.6 Å². The van der Waals surface area contributed by atoms with Crippen LogP contribution in [0.1, 0.15) is 10.4 Å². The molecule has 0 aliphatic heterocycles. The van der Waals surface area contributed by atoms with Gasteiger partial charge in [0, 0.05) is 16.9 Å². The summed E-state index contributed by atoms with van der Waals surface area (Å²) in [5.74, 6) is -1.62. The number of aromatic nitrogens is 1. The average molecular weight is 373 g/mol. The van der Waals surface area contributed by atoms with Gasteiger partial charge < -0.3 is 10.2 Å². The molecule has 110 valence electrons. The Kier molecular flexibility index (Phi) is 4.14. The maximum Gasteiger partial charge on any atom is 0.335 e. The Bertz CT molecular complexity index is 807. The van der Waals surface area contributed by atoms with Gasteiger partial charge in [-0.2, -0.15) is 0 Å². The van der Waals surface area contributed by atoms with E-state index >= 15 is 0 Å². The lowest BCUT2D eigenvalue weighted by Gasteiger charge is -2.10. The Hall–Kier alpha value is -2.13. The molecule has 2 rings (SSSR count). The SMILES string of the molecule is O=C(O)c1ccc(O)c(NS(=O)(=O)c2cncc(Br)c2)c1. The number of benzene rings is 1. The van der Waals surface area contributed by atoms with Gasteiger partial charge in [0.2, 0.25) is 0 Å². The van der Waals surface area contributed by atoms with Gasteiger partial charge in [0.05, 0.1) is 11.3 Å². The Morgan fingerprint density at radius 3 is 2.57 bits per heavy atom. The predicted molar refractivity (Wildman–Crippen MR) is 77.8 cm³/mol. The Balaban J connectivity index is 2.41. The zero-order valence-corrected chi connectivity index (χ0v) is 12.7. The summed E-state index contributed by atoms with van der Waals surface area (Å²) in [7, 11) is -4.00. The number of hydrogen-bond acceptors (Lipinski definition) is 5. The number of carbonyl (C=O) groups is 1. The Morgan fingerprint density at radius 1 is 1.24 bits per heavy atom. The van der Waals surface area contributed by atoms with Crippen molar-refractivity contribution in [3.63, 3.8) is 0 Å². The molecular formula is C12H9BrN2O5S. The second kappa shape index (κ2) is 5.70. The largest absolute Gasteiger partial charge is 0.506 e. The highest BCUT2D eigenvalue weighted by Gasteiger charge is 2.18. The van der Waals surface area contributed by atoms with Crippen LogP contribution in [-0.2, 0) is 10.0 Å². The maximum absolute atomic E-state index is 12.2. The van der Waals surface area contributed by atoms with Crippen LogP contribution in [0.15, 0.2) is 46.0 Å². The van der Waals surface area contributed by atoms with E-state index in [2.05, 4.69) is 25.6 Å². The molecule has 1 aromatic carbocycles. The zero-order chi connectivity index (χ0) is 15.6. The van der Waals surface area contributed by atoms with Crippen molar-refractivity contribution in [2.75, 3.05) is 4.72 Å². The first-order valence-corrected chi connectivity index (χ1v) is 7.77. The molecule has 0 fully saturated rings. The first-order chi connectivity index (χ1) is 9.79. The maximum atomic E-state index is 12.2. The van der Waals surface area contributed by atoms with Gasteiger partial charge in [-0.05, 0) is 40.2 Å². The molecule has 0 aliphatic rings. The lowest BCUT2D eigenvalue weighted by Crippen LogP contribution is -2.14. The van der Waals surface area contributed by atoms with Gasteiger partial charge in [0.15, 0.2) is 0 Å². The highest BCUT2D eigenvalue weighted by atomic mass is 79.9. The number of aromatic hydroxyl groups is 1. The van der Waals surface area contributed by atoms with E-state index in [0.717, 1.165) is 24.4 Å². The molecule has 0 saturated heterocycles. The van der Waals surface area contributed by atoms with Gasteiger partial charge in [-0.15, -0.1) is 0 Å². The molecule has 9 heteroatoms. The second-order valence-electron chi connectivity index (χ2n) is 3.98. The zero-order valence-electron chi connectivity index (χ0n) is 10.3. The molecule has 0 saturated carbocycles. The second-order valence-corrected chi connectivity index (χ2v) is 6.58. The number of sulfonamides is 1. The standard InChI is InChI=1S/C12H9BrN2O5S/c13-8-4-9(6-14-5-8)21(19,20)15-10-3-7(12(17)18)1-2-11(10)16/h1-6,15-16H,(H,17,18). The molecular weight excluding hydrogens is 364 g/mol. The van der Waals surface area contributed by atoms with Crippen LogP contribution < -0.4 is 4.72 Å². The Morgan fingerprint density at radius 2 is 1.95 bits per heavy atom. The number of nitrogens with one attached hydrogen (secondary N) is 1. The minimum Gasteiger partial charge on any atom is -0.506 e. The molecule has 2 aromatic rings. The molecule has 1 heterocycles. The van der Waals surface area contributed by atoms with Crippen LogP contribution in [0.25, 0.3) is 0 Å². The summed E-state index contributed by atoms with van der Waals surface area (Å²) in [4.78, 5) is 14.5. The van der Waals surface area contributed by atoms with Gasteiger partial charge in [-0.3, -0.25) is 9.71 Å². The molecule has 0 unspecified atom stereocenters. The summed E-state index contributed by atoms with van der Waals surface area (Å²) >= 11 is 3.10. The van der Waals surface area contributed by atoms with Gasteiger partial charge in [-0.1, -0.05) is 0 Å². The molecule has 3 N–H and O–H groups in total. The topological polar surface area (TPSA) is 117 Å². The number of hydrogen-bond donors (Lipinski definition) is 3. The van der Waals surface area contributed by atoms with Crippen LogP contribution in [0.3, 0.4) is 0 Å². The molecule has 0 bridgehead atoms. The third kappa shape index (κ3) is 3.50.